The van der Waals surface area contributed by atoms with Gasteiger partial charge in [0.1, 0.15) is 5.58 Å². The first-order valence-electron chi connectivity index (χ1n) is 8.68. The van der Waals surface area contributed by atoms with Crippen LogP contribution in [0.3, 0.4) is 0 Å². The van der Waals surface area contributed by atoms with Crippen LogP contribution in [0.15, 0.2) is 27.4 Å². The van der Waals surface area contributed by atoms with Crippen molar-refractivity contribution in [3.63, 3.8) is 0 Å². The van der Waals surface area contributed by atoms with Crippen LogP contribution >= 0.6 is 0 Å². The van der Waals surface area contributed by atoms with E-state index in [-0.39, 0.29) is 5.63 Å². The van der Waals surface area contributed by atoms with Crippen molar-refractivity contribution in [2.45, 2.75) is 26.4 Å². The smallest absolute Gasteiger partial charge is 0.336 e. The lowest BCUT2D eigenvalue weighted by Gasteiger charge is -2.43. The normalized spacial score (nSPS) is 22.7. The number of morpholine rings is 1. The van der Waals surface area contributed by atoms with Crippen LogP contribution in [0.4, 0.5) is 0 Å². The molecule has 0 bridgehead atoms. The first-order valence-corrected chi connectivity index (χ1v) is 8.68. The summed E-state index contributed by atoms with van der Waals surface area (Å²) in [7, 11) is 0. The van der Waals surface area contributed by atoms with E-state index in [0.717, 1.165) is 62.5 Å². The Morgan fingerprint density at radius 1 is 1.12 bits per heavy atom. The van der Waals surface area contributed by atoms with E-state index < -0.39 is 0 Å². The van der Waals surface area contributed by atoms with E-state index in [2.05, 4.69) is 22.8 Å². The summed E-state index contributed by atoms with van der Waals surface area (Å²) in [6.45, 7) is 10.7. The van der Waals surface area contributed by atoms with Gasteiger partial charge in [0.15, 0.2) is 0 Å². The molecule has 0 spiro atoms. The first-order chi connectivity index (χ1) is 11.6. The second-order valence-electron chi connectivity index (χ2n) is 7.02. The van der Waals surface area contributed by atoms with Crippen molar-refractivity contribution in [3.8, 4) is 0 Å². The van der Waals surface area contributed by atoms with Crippen LogP contribution in [-0.4, -0.2) is 55.2 Å². The molecule has 2 fully saturated rings. The van der Waals surface area contributed by atoms with Crippen molar-refractivity contribution in [1.29, 1.82) is 0 Å². The van der Waals surface area contributed by atoms with E-state index in [1.165, 1.54) is 5.56 Å². The van der Waals surface area contributed by atoms with Crippen LogP contribution < -0.4 is 5.63 Å². The summed E-state index contributed by atoms with van der Waals surface area (Å²) in [5.74, 6) is 0. The van der Waals surface area contributed by atoms with Crippen LogP contribution in [0.1, 0.15) is 16.7 Å². The molecule has 2 aliphatic rings. The molecule has 1 unspecified atom stereocenters. The second-order valence-corrected chi connectivity index (χ2v) is 7.02. The maximum Gasteiger partial charge on any atom is 0.336 e. The lowest BCUT2D eigenvalue weighted by molar-refractivity contribution is -0.0461. The number of hydrogen-bond donors (Lipinski definition) is 0. The molecule has 0 aliphatic carbocycles. The number of fused-ring (bicyclic) bond motifs is 2. The Morgan fingerprint density at radius 2 is 1.96 bits per heavy atom. The van der Waals surface area contributed by atoms with Gasteiger partial charge in [-0.3, -0.25) is 9.80 Å². The maximum absolute atomic E-state index is 12.0. The second kappa shape index (κ2) is 6.31. The van der Waals surface area contributed by atoms with E-state index in [9.17, 15) is 4.79 Å². The van der Waals surface area contributed by atoms with Crippen LogP contribution in [0.25, 0.3) is 11.0 Å². The minimum atomic E-state index is -0.264. The highest BCUT2D eigenvalue weighted by Crippen LogP contribution is 2.24. The van der Waals surface area contributed by atoms with Gasteiger partial charge < -0.3 is 9.15 Å². The van der Waals surface area contributed by atoms with Crippen LogP contribution in [-0.2, 0) is 11.3 Å². The van der Waals surface area contributed by atoms with Gasteiger partial charge in [-0.05, 0) is 42.7 Å². The van der Waals surface area contributed by atoms with Crippen molar-refractivity contribution in [2.75, 3.05) is 39.4 Å². The summed E-state index contributed by atoms with van der Waals surface area (Å²) in [5.41, 5.74) is 3.87. The highest BCUT2D eigenvalue weighted by Gasteiger charge is 2.29. The van der Waals surface area contributed by atoms with Crippen molar-refractivity contribution < 1.29 is 9.15 Å². The molecule has 0 saturated carbocycles. The van der Waals surface area contributed by atoms with Crippen molar-refractivity contribution >= 4 is 11.0 Å². The Labute approximate surface area is 141 Å². The monoisotopic (exact) mass is 328 g/mol. The van der Waals surface area contributed by atoms with Gasteiger partial charge in [0.25, 0.3) is 0 Å². The molecular weight excluding hydrogens is 304 g/mol. The van der Waals surface area contributed by atoms with Crippen LogP contribution in [0, 0.1) is 13.8 Å². The Bertz CT molecular complexity index is 814. The first kappa shape index (κ1) is 15.8. The summed E-state index contributed by atoms with van der Waals surface area (Å²) in [4.78, 5) is 16.9. The fourth-order valence-corrected chi connectivity index (χ4v) is 3.81. The third-order valence-electron chi connectivity index (χ3n) is 5.36. The zero-order valence-electron chi connectivity index (χ0n) is 14.4. The van der Waals surface area contributed by atoms with Crippen molar-refractivity contribution in [1.82, 2.24) is 9.80 Å². The summed E-state index contributed by atoms with van der Waals surface area (Å²) in [6.07, 6.45) is 0. The number of benzene rings is 1. The van der Waals surface area contributed by atoms with Crippen molar-refractivity contribution in [2.24, 2.45) is 0 Å². The highest BCUT2D eigenvalue weighted by molar-refractivity contribution is 5.81. The summed E-state index contributed by atoms with van der Waals surface area (Å²) in [6, 6.07) is 6.24. The Hall–Kier alpha value is -1.69. The average Bonchev–Trinajstić information content (AvgIpc) is 2.56. The number of aryl methyl sites for hydroxylation is 2. The van der Waals surface area contributed by atoms with Gasteiger partial charge in [-0.1, -0.05) is 0 Å². The minimum absolute atomic E-state index is 0.264. The lowest BCUT2D eigenvalue weighted by Crippen LogP contribution is -2.57. The molecule has 0 N–H and O–H groups in total. The molecule has 0 amide bonds. The van der Waals surface area contributed by atoms with Gasteiger partial charge >= 0.3 is 5.63 Å². The van der Waals surface area contributed by atoms with Gasteiger partial charge in [0, 0.05) is 50.2 Å². The average molecular weight is 328 g/mol. The van der Waals surface area contributed by atoms with E-state index in [1.807, 2.05) is 13.0 Å². The molecule has 24 heavy (non-hydrogen) atoms. The highest BCUT2D eigenvalue weighted by atomic mass is 16.5. The molecule has 2 aromatic rings. The van der Waals surface area contributed by atoms with Gasteiger partial charge in [0.05, 0.1) is 13.2 Å². The third kappa shape index (κ3) is 2.99. The Kier molecular flexibility index (Phi) is 4.16. The number of ether oxygens (including phenoxy) is 1. The molecular formula is C19H24N2O3. The molecule has 128 valence electrons. The van der Waals surface area contributed by atoms with Crippen LogP contribution in [0.2, 0.25) is 0 Å². The molecule has 5 nitrogen and oxygen atoms in total. The number of piperazine rings is 1. The number of nitrogens with zero attached hydrogens (tertiary/aromatic N) is 2. The predicted octanol–water partition coefficient (Wildman–Crippen LogP) is 1.93. The van der Waals surface area contributed by atoms with E-state index >= 15 is 0 Å². The lowest BCUT2D eigenvalue weighted by atomic mass is 10.0. The Morgan fingerprint density at radius 3 is 2.83 bits per heavy atom. The molecule has 1 aromatic carbocycles. The fourth-order valence-electron chi connectivity index (χ4n) is 3.81. The molecule has 5 heteroatoms. The van der Waals surface area contributed by atoms with Gasteiger partial charge in [-0.15, -0.1) is 0 Å². The van der Waals surface area contributed by atoms with E-state index in [4.69, 9.17) is 9.15 Å². The maximum atomic E-state index is 12.0. The predicted molar refractivity (Wildman–Crippen MR) is 93.4 cm³/mol. The summed E-state index contributed by atoms with van der Waals surface area (Å²) in [5, 5.41) is 1.06. The molecule has 2 aliphatic heterocycles. The van der Waals surface area contributed by atoms with Gasteiger partial charge in [-0.25, -0.2) is 4.79 Å². The number of rotatable bonds is 2. The summed E-state index contributed by atoms with van der Waals surface area (Å²) < 4.78 is 11.0. The molecule has 2 saturated heterocycles. The minimum Gasteiger partial charge on any atom is -0.423 e. The molecule has 0 radical (unpaired) electrons. The standard InChI is InChI=1S/C19H24N2O3/c1-13-7-17-15(9-19(22)24-18(17)8-14(13)2)10-20-3-4-21-5-6-23-12-16(21)11-20/h7-9,16H,3-6,10-12H2,1-2H3. The zero-order valence-corrected chi connectivity index (χ0v) is 14.4. The molecule has 1 atom stereocenters. The zero-order chi connectivity index (χ0) is 16.7. The fraction of sp³-hybridized carbons (Fsp3) is 0.526. The van der Waals surface area contributed by atoms with Gasteiger partial charge in [0.2, 0.25) is 0 Å². The molecule has 4 rings (SSSR count). The van der Waals surface area contributed by atoms with E-state index in [1.54, 1.807) is 6.07 Å². The van der Waals surface area contributed by atoms with E-state index in [0.29, 0.717) is 11.6 Å². The third-order valence-corrected chi connectivity index (χ3v) is 5.36. The van der Waals surface area contributed by atoms with Crippen LogP contribution in [0.5, 0.6) is 0 Å². The quantitative estimate of drug-likeness (QED) is 0.788. The molecule has 3 heterocycles. The number of hydrogen-bond acceptors (Lipinski definition) is 5. The van der Waals surface area contributed by atoms with Gasteiger partial charge in [-0.2, -0.15) is 0 Å². The van der Waals surface area contributed by atoms with Crippen molar-refractivity contribution in [3.05, 3.63) is 45.3 Å². The molecule has 1 aromatic heterocycles. The summed E-state index contributed by atoms with van der Waals surface area (Å²) >= 11 is 0. The SMILES string of the molecule is Cc1cc2oc(=O)cc(CN3CCN4CCOCC4C3)c2cc1C. The Balaban J connectivity index is 1.62. The topological polar surface area (TPSA) is 45.9 Å². The largest absolute Gasteiger partial charge is 0.423 e.